The Morgan fingerprint density at radius 2 is 2.38 bits per heavy atom. The number of aromatic amines is 1. The van der Waals surface area contributed by atoms with E-state index in [-0.39, 0.29) is 5.41 Å². The summed E-state index contributed by atoms with van der Waals surface area (Å²) in [6, 6.07) is 6.40. The fraction of sp³-hybridized carbons (Fsp3) is 0.333. The van der Waals surface area contributed by atoms with Crippen LogP contribution in [0.1, 0.15) is 23.4 Å². The fourth-order valence-electron chi connectivity index (χ4n) is 1.93. The number of thiazole rings is 1. The van der Waals surface area contributed by atoms with Crippen molar-refractivity contribution in [3.8, 4) is 16.8 Å². The monoisotopic (exact) mass is 229 g/mol. The van der Waals surface area contributed by atoms with E-state index in [1.807, 2.05) is 25.3 Å². The van der Waals surface area contributed by atoms with Crippen LogP contribution < -0.4 is 0 Å². The van der Waals surface area contributed by atoms with E-state index in [0.717, 1.165) is 34.1 Å². The van der Waals surface area contributed by atoms with Crippen molar-refractivity contribution in [3.05, 3.63) is 28.9 Å². The molecule has 0 aliphatic heterocycles. The lowest BCUT2D eigenvalue weighted by atomic mass is 10.1. The Labute approximate surface area is 97.8 Å². The number of hydrogen-bond donors (Lipinski definition) is 1. The van der Waals surface area contributed by atoms with Crippen molar-refractivity contribution in [1.82, 2.24) is 9.97 Å². The van der Waals surface area contributed by atoms with Gasteiger partial charge in [0.2, 0.25) is 0 Å². The van der Waals surface area contributed by atoms with Gasteiger partial charge in [0.25, 0.3) is 0 Å². The van der Waals surface area contributed by atoms with Crippen LogP contribution in [0.15, 0.2) is 18.3 Å². The van der Waals surface area contributed by atoms with E-state index in [2.05, 4.69) is 16.0 Å². The Balaban J connectivity index is 2.07. The molecule has 2 aromatic rings. The predicted octanol–water partition coefficient (Wildman–Crippen LogP) is 3.00. The van der Waals surface area contributed by atoms with Crippen molar-refractivity contribution >= 4 is 11.3 Å². The van der Waals surface area contributed by atoms with Crippen molar-refractivity contribution in [2.75, 3.05) is 0 Å². The van der Waals surface area contributed by atoms with E-state index in [4.69, 9.17) is 0 Å². The lowest BCUT2D eigenvalue weighted by Gasteiger charge is -2.00. The summed E-state index contributed by atoms with van der Waals surface area (Å²) in [5.74, 6) is 0. The molecule has 2 aromatic heterocycles. The van der Waals surface area contributed by atoms with Gasteiger partial charge in [-0.05, 0) is 31.9 Å². The molecular weight excluding hydrogens is 218 g/mol. The average Bonchev–Trinajstić information content (AvgIpc) is 2.74. The van der Waals surface area contributed by atoms with Crippen LogP contribution in [0.3, 0.4) is 0 Å². The topological polar surface area (TPSA) is 52.5 Å². The predicted molar refractivity (Wildman–Crippen MR) is 63.2 cm³/mol. The Morgan fingerprint density at radius 3 is 2.94 bits per heavy atom. The molecule has 1 aliphatic rings. The minimum Gasteiger partial charge on any atom is -0.359 e. The molecular formula is C12H11N3S. The van der Waals surface area contributed by atoms with Gasteiger partial charge >= 0.3 is 0 Å². The molecule has 1 saturated carbocycles. The van der Waals surface area contributed by atoms with Gasteiger partial charge in [-0.1, -0.05) is 0 Å². The Hall–Kier alpha value is -1.60. The number of nitrogens with one attached hydrogen (secondary N) is 1. The third-order valence-electron chi connectivity index (χ3n) is 3.02. The van der Waals surface area contributed by atoms with Crippen LogP contribution >= 0.6 is 11.3 Å². The number of H-pyrrole nitrogens is 1. The van der Waals surface area contributed by atoms with Crippen LogP contribution in [0.4, 0.5) is 0 Å². The van der Waals surface area contributed by atoms with Crippen molar-refractivity contribution in [2.45, 2.75) is 25.2 Å². The maximum absolute atomic E-state index is 9.20. The molecule has 3 nitrogen and oxygen atoms in total. The number of nitrogens with zero attached hydrogens (tertiary/aromatic N) is 2. The van der Waals surface area contributed by atoms with E-state index in [1.54, 1.807) is 11.3 Å². The molecule has 0 atom stereocenters. The third kappa shape index (κ3) is 1.29. The highest BCUT2D eigenvalue weighted by atomic mass is 32.1. The quantitative estimate of drug-likeness (QED) is 0.860. The summed E-state index contributed by atoms with van der Waals surface area (Å²) < 4.78 is 0. The fourth-order valence-corrected chi connectivity index (χ4v) is 3.18. The van der Waals surface area contributed by atoms with Crippen molar-refractivity contribution in [1.29, 1.82) is 5.26 Å². The van der Waals surface area contributed by atoms with E-state index >= 15 is 0 Å². The molecule has 4 heteroatoms. The van der Waals surface area contributed by atoms with E-state index in [1.165, 1.54) is 0 Å². The molecule has 0 amide bonds. The largest absolute Gasteiger partial charge is 0.359 e. The average molecular weight is 229 g/mol. The first-order valence-electron chi connectivity index (χ1n) is 5.28. The van der Waals surface area contributed by atoms with E-state index < -0.39 is 0 Å². The number of nitriles is 1. The zero-order chi connectivity index (χ0) is 11.2. The summed E-state index contributed by atoms with van der Waals surface area (Å²) >= 11 is 1.65. The van der Waals surface area contributed by atoms with Gasteiger partial charge < -0.3 is 4.98 Å². The minimum atomic E-state index is -0.216. The summed E-state index contributed by atoms with van der Waals surface area (Å²) in [4.78, 5) is 8.84. The molecule has 1 N–H and O–H groups in total. The summed E-state index contributed by atoms with van der Waals surface area (Å²) in [5.41, 5.74) is 1.83. The van der Waals surface area contributed by atoms with E-state index in [9.17, 15) is 5.26 Å². The van der Waals surface area contributed by atoms with Gasteiger partial charge in [0.15, 0.2) is 0 Å². The highest BCUT2D eigenvalue weighted by Gasteiger charge is 2.47. The molecule has 16 heavy (non-hydrogen) atoms. The molecule has 2 heterocycles. The molecule has 0 aromatic carbocycles. The molecule has 0 bridgehead atoms. The normalized spacial score (nSPS) is 17.0. The maximum Gasteiger partial charge on any atom is 0.140 e. The molecule has 0 saturated heterocycles. The summed E-state index contributed by atoms with van der Waals surface area (Å²) in [6.45, 7) is 2.00. The van der Waals surface area contributed by atoms with Gasteiger partial charge in [-0.2, -0.15) is 5.26 Å². The van der Waals surface area contributed by atoms with E-state index in [0.29, 0.717) is 0 Å². The number of aryl methyl sites for hydroxylation is 1. The van der Waals surface area contributed by atoms with Crippen LogP contribution in [0.2, 0.25) is 0 Å². The molecule has 0 unspecified atom stereocenters. The first-order chi connectivity index (χ1) is 7.75. The SMILES string of the molecule is Cc1nc(-c2ccc[nH]2)sc1C1(C#N)CC1. The second-order valence-corrected chi connectivity index (χ2v) is 5.21. The lowest BCUT2D eigenvalue weighted by Crippen LogP contribution is -2.01. The minimum absolute atomic E-state index is 0.216. The van der Waals surface area contributed by atoms with Crippen LogP contribution in [0, 0.1) is 18.3 Å². The Kier molecular flexibility index (Phi) is 1.92. The van der Waals surface area contributed by atoms with Gasteiger partial charge in [0.05, 0.1) is 22.9 Å². The Morgan fingerprint density at radius 1 is 1.56 bits per heavy atom. The van der Waals surface area contributed by atoms with Crippen molar-refractivity contribution in [2.24, 2.45) is 0 Å². The van der Waals surface area contributed by atoms with Crippen LogP contribution in [0.25, 0.3) is 10.7 Å². The molecule has 0 spiro atoms. The highest BCUT2D eigenvalue weighted by molar-refractivity contribution is 7.15. The third-order valence-corrected chi connectivity index (χ3v) is 4.42. The van der Waals surface area contributed by atoms with Gasteiger partial charge in [-0.25, -0.2) is 4.98 Å². The lowest BCUT2D eigenvalue weighted by molar-refractivity contribution is 0.914. The highest BCUT2D eigenvalue weighted by Crippen LogP contribution is 2.51. The number of rotatable bonds is 2. The first kappa shape index (κ1) is 9.61. The first-order valence-corrected chi connectivity index (χ1v) is 6.10. The maximum atomic E-state index is 9.20. The van der Waals surface area contributed by atoms with Gasteiger partial charge in [0.1, 0.15) is 5.01 Å². The van der Waals surface area contributed by atoms with Crippen LogP contribution in [-0.4, -0.2) is 9.97 Å². The van der Waals surface area contributed by atoms with Gasteiger partial charge in [0, 0.05) is 11.1 Å². The second kappa shape index (κ2) is 3.19. The number of hydrogen-bond acceptors (Lipinski definition) is 3. The summed E-state index contributed by atoms with van der Waals surface area (Å²) in [7, 11) is 0. The molecule has 1 aliphatic carbocycles. The standard InChI is InChI=1S/C12H11N3S/c1-8-10(12(7-13)4-5-12)16-11(15-8)9-3-2-6-14-9/h2-3,6,14H,4-5H2,1H3. The van der Waals surface area contributed by atoms with Crippen LogP contribution in [-0.2, 0) is 5.41 Å². The van der Waals surface area contributed by atoms with Gasteiger partial charge in [-0.3, -0.25) is 0 Å². The molecule has 80 valence electrons. The smallest absolute Gasteiger partial charge is 0.140 e. The van der Waals surface area contributed by atoms with Gasteiger partial charge in [-0.15, -0.1) is 11.3 Å². The van der Waals surface area contributed by atoms with Crippen molar-refractivity contribution in [3.63, 3.8) is 0 Å². The summed E-state index contributed by atoms with van der Waals surface area (Å²) in [5, 5.41) is 10.2. The van der Waals surface area contributed by atoms with Crippen LogP contribution in [0.5, 0.6) is 0 Å². The second-order valence-electron chi connectivity index (χ2n) is 4.21. The molecule has 1 fully saturated rings. The zero-order valence-electron chi connectivity index (χ0n) is 8.95. The molecule has 3 rings (SSSR count). The Bertz CT molecular complexity index is 556. The summed E-state index contributed by atoms with van der Waals surface area (Å²) in [6.07, 6.45) is 3.86. The molecule has 0 radical (unpaired) electrons. The number of aromatic nitrogens is 2. The zero-order valence-corrected chi connectivity index (χ0v) is 9.77. The van der Waals surface area contributed by atoms with Crippen molar-refractivity contribution < 1.29 is 0 Å².